The smallest absolute Gasteiger partial charge is 0.125 e. The van der Waals surface area contributed by atoms with E-state index in [1.54, 1.807) is 0 Å². The molecule has 2 aliphatic rings. The zero-order valence-corrected chi connectivity index (χ0v) is 13.9. The summed E-state index contributed by atoms with van der Waals surface area (Å²) in [4.78, 5) is 0. The molecule has 3 rings (SSSR count). The first-order valence-electron chi connectivity index (χ1n) is 8.36. The molecule has 1 saturated carbocycles. The van der Waals surface area contributed by atoms with Crippen LogP contribution in [0, 0.1) is 11.8 Å². The zero-order valence-electron chi connectivity index (χ0n) is 13.1. The summed E-state index contributed by atoms with van der Waals surface area (Å²) < 4.78 is 5.87. The molecule has 1 aliphatic heterocycles. The van der Waals surface area contributed by atoms with Gasteiger partial charge in [0, 0.05) is 17.5 Å². The zero-order chi connectivity index (χ0) is 14.8. The van der Waals surface area contributed by atoms with Crippen LogP contribution in [0.2, 0.25) is 5.02 Å². The maximum absolute atomic E-state index is 6.30. The molecule has 1 aromatic rings. The number of benzene rings is 1. The monoisotopic (exact) mass is 307 g/mol. The molecule has 0 aromatic heterocycles. The Bertz CT molecular complexity index is 502. The third kappa shape index (κ3) is 3.22. The van der Waals surface area contributed by atoms with Crippen LogP contribution in [0.25, 0.3) is 0 Å². The summed E-state index contributed by atoms with van der Waals surface area (Å²) in [7, 11) is 0. The lowest BCUT2D eigenvalue weighted by molar-refractivity contribution is 0.294. The molecular formula is C18H26ClNO. The van der Waals surface area contributed by atoms with E-state index >= 15 is 0 Å². The van der Waals surface area contributed by atoms with E-state index in [4.69, 9.17) is 16.3 Å². The normalized spacial score (nSPS) is 25.7. The Morgan fingerprint density at radius 3 is 2.95 bits per heavy atom. The van der Waals surface area contributed by atoms with Crippen molar-refractivity contribution < 1.29 is 4.74 Å². The van der Waals surface area contributed by atoms with Crippen molar-refractivity contribution in [1.82, 2.24) is 5.32 Å². The standard InChI is InChI=1S/C18H26ClNO/c1-3-20-17(16-6-4-5-12(16)2)11-14-10-15(19)9-13-7-8-21-18(13)14/h9-10,12,16-17,20H,3-8,11H2,1-2H3. The maximum atomic E-state index is 6.30. The minimum Gasteiger partial charge on any atom is -0.493 e. The van der Waals surface area contributed by atoms with Crippen molar-refractivity contribution in [1.29, 1.82) is 0 Å². The van der Waals surface area contributed by atoms with Gasteiger partial charge in [0.1, 0.15) is 5.75 Å². The summed E-state index contributed by atoms with van der Waals surface area (Å²) in [5.74, 6) is 2.70. The second kappa shape index (κ2) is 6.58. The van der Waals surface area contributed by atoms with Crippen molar-refractivity contribution in [2.24, 2.45) is 11.8 Å². The molecule has 0 bridgehead atoms. The molecular weight excluding hydrogens is 282 g/mol. The van der Waals surface area contributed by atoms with Crippen LogP contribution < -0.4 is 10.1 Å². The van der Waals surface area contributed by atoms with Gasteiger partial charge in [-0.3, -0.25) is 0 Å². The first kappa shape index (κ1) is 15.2. The van der Waals surface area contributed by atoms with Gasteiger partial charge in [-0.05, 0) is 54.5 Å². The van der Waals surface area contributed by atoms with Crippen LogP contribution in [0.3, 0.4) is 0 Å². The predicted octanol–water partition coefficient (Wildman–Crippen LogP) is 4.23. The Morgan fingerprint density at radius 2 is 2.24 bits per heavy atom. The average molecular weight is 308 g/mol. The van der Waals surface area contributed by atoms with Gasteiger partial charge in [0.15, 0.2) is 0 Å². The number of likely N-dealkylation sites (N-methyl/N-ethyl adjacent to an activating group) is 1. The third-order valence-corrected chi connectivity index (χ3v) is 5.39. The van der Waals surface area contributed by atoms with Crippen molar-refractivity contribution in [2.75, 3.05) is 13.2 Å². The summed E-state index contributed by atoms with van der Waals surface area (Å²) >= 11 is 6.30. The molecule has 21 heavy (non-hydrogen) atoms. The van der Waals surface area contributed by atoms with Crippen molar-refractivity contribution in [3.05, 3.63) is 28.3 Å². The molecule has 3 heteroatoms. The number of hydrogen-bond donors (Lipinski definition) is 1. The lowest BCUT2D eigenvalue weighted by Gasteiger charge is -2.28. The third-order valence-electron chi connectivity index (χ3n) is 5.18. The fourth-order valence-electron chi connectivity index (χ4n) is 4.14. The molecule has 3 atom stereocenters. The van der Waals surface area contributed by atoms with E-state index in [0.717, 1.165) is 48.6 Å². The van der Waals surface area contributed by atoms with Gasteiger partial charge in [-0.25, -0.2) is 0 Å². The minimum atomic E-state index is 0.541. The van der Waals surface area contributed by atoms with E-state index < -0.39 is 0 Å². The van der Waals surface area contributed by atoms with Crippen LogP contribution in [-0.4, -0.2) is 19.2 Å². The summed E-state index contributed by atoms with van der Waals surface area (Å²) in [6.07, 6.45) is 6.12. The highest BCUT2D eigenvalue weighted by molar-refractivity contribution is 6.30. The van der Waals surface area contributed by atoms with Gasteiger partial charge in [-0.1, -0.05) is 38.3 Å². The number of fused-ring (bicyclic) bond motifs is 1. The summed E-state index contributed by atoms with van der Waals surface area (Å²) in [5.41, 5.74) is 2.58. The van der Waals surface area contributed by atoms with Crippen LogP contribution >= 0.6 is 11.6 Å². The van der Waals surface area contributed by atoms with Crippen LogP contribution in [0.5, 0.6) is 5.75 Å². The SMILES string of the molecule is CCNC(Cc1cc(Cl)cc2c1OCC2)C1CCCC1C. The van der Waals surface area contributed by atoms with E-state index in [2.05, 4.69) is 31.3 Å². The number of halogens is 1. The number of hydrogen-bond acceptors (Lipinski definition) is 2. The fourth-order valence-corrected chi connectivity index (χ4v) is 4.41. The quantitative estimate of drug-likeness (QED) is 0.879. The summed E-state index contributed by atoms with van der Waals surface area (Å²) in [5, 5.41) is 4.57. The number of nitrogens with one attached hydrogen (secondary N) is 1. The highest BCUT2D eigenvalue weighted by Gasteiger charge is 2.31. The summed E-state index contributed by atoms with van der Waals surface area (Å²) in [6, 6.07) is 4.71. The maximum Gasteiger partial charge on any atom is 0.125 e. The number of ether oxygens (including phenoxy) is 1. The molecule has 1 aromatic carbocycles. The minimum absolute atomic E-state index is 0.541. The highest BCUT2D eigenvalue weighted by Crippen LogP contribution is 2.38. The lowest BCUT2D eigenvalue weighted by atomic mass is 9.86. The molecule has 0 saturated heterocycles. The van der Waals surface area contributed by atoms with Crippen LogP contribution in [-0.2, 0) is 12.8 Å². The van der Waals surface area contributed by atoms with E-state index in [1.165, 1.54) is 30.4 Å². The molecule has 1 N–H and O–H groups in total. The molecule has 1 aliphatic carbocycles. The van der Waals surface area contributed by atoms with E-state index in [1.807, 2.05) is 0 Å². The molecule has 3 unspecified atom stereocenters. The topological polar surface area (TPSA) is 21.3 Å². The molecule has 0 radical (unpaired) electrons. The Labute approximate surface area is 133 Å². The van der Waals surface area contributed by atoms with Crippen LogP contribution in [0.4, 0.5) is 0 Å². The van der Waals surface area contributed by atoms with Crippen LogP contribution in [0.1, 0.15) is 44.2 Å². The second-order valence-corrected chi connectivity index (χ2v) is 7.03. The Hall–Kier alpha value is -0.730. The fraction of sp³-hybridized carbons (Fsp3) is 0.667. The van der Waals surface area contributed by atoms with Gasteiger partial charge in [0.2, 0.25) is 0 Å². The van der Waals surface area contributed by atoms with Gasteiger partial charge in [-0.15, -0.1) is 0 Å². The molecule has 1 heterocycles. The van der Waals surface area contributed by atoms with Gasteiger partial charge in [0.25, 0.3) is 0 Å². The Balaban J connectivity index is 1.83. The first-order chi connectivity index (χ1) is 10.2. The molecule has 0 spiro atoms. The van der Waals surface area contributed by atoms with E-state index in [0.29, 0.717) is 6.04 Å². The van der Waals surface area contributed by atoms with Gasteiger partial charge in [-0.2, -0.15) is 0 Å². The highest BCUT2D eigenvalue weighted by atomic mass is 35.5. The van der Waals surface area contributed by atoms with Gasteiger partial charge >= 0.3 is 0 Å². The van der Waals surface area contributed by atoms with Crippen molar-refractivity contribution in [3.8, 4) is 5.75 Å². The Kier molecular flexibility index (Phi) is 4.75. The summed E-state index contributed by atoms with van der Waals surface area (Å²) in [6.45, 7) is 6.43. The molecule has 116 valence electrons. The second-order valence-electron chi connectivity index (χ2n) is 6.59. The van der Waals surface area contributed by atoms with Crippen molar-refractivity contribution in [3.63, 3.8) is 0 Å². The van der Waals surface area contributed by atoms with Gasteiger partial charge in [0.05, 0.1) is 6.61 Å². The first-order valence-corrected chi connectivity index (χ1v) is 8.74. The van der Waals surface area contributed by atoms with E-state index in [9.17, 15) is 0 Å². The molecule has 2 nitrogen and oxygen atoms in total. The lowest BCUT2D eigenvalue weighted by Crippen LogP contribution is -2.39. The molecule has 1 fully saturated rings. The predicted molar refractivity (Wildman–Crippen MR) is 88.3 cm³/mol. The van der Waals surface area contributed by atoms with Gasteiger partial charge < -0.3 is 10.1 Å². The van der Waals surface area contributed by atoms with E-state index in [-0.39, 0.29) is 0 Å². The largest absolute Gasteiger partial charge is 0.493 e. The Morgan fingerprint density at radius 1 is 1.38 bits per heavy atom. The average Bonchev–Trinajstić information content (AvgIpc) is 3.06. The van der Waals surface area contributed by atoms with Crippen molar-refractivity contribution in [2.45, 2.75) is 52.0 Å². The van der Waals surface area contributed by atoms with Crippen molar-refractivity contribution >= 4 is 11.6 Å². The molecule has 0 amide bonds. The number of rotatable bonds is 5. The van der Waals surface area contributed by atoms with Crippen LogP contribution in [0.15, 0.2) is 12.1 Å².